The lowest BCUT2D eigenvalue weighted by molar-refractivity contribution is -0.116. The van der Waals surface area contributed by atoms with Crippen LogP contribution < -0.4 is 11.1 Å². The van der Waals surface area contributed by atoms with Crippen molar-refractivity contribution >= 4 is 27.5 Å². The smallest absolute Gasteiger partial charge is 0.225 e. The van der Waals surface area contributed by atoms with Crippen LogP contribution in [0.5, 0.6) is 0 Å². The summed E-state index contributed by atoms with van der Waals surface area (Å²) in [6.45, 7) is 8.35. The number of hydrogen-bond donors (Lipinski definition) is 2. The molecule has 1 aromatic carbocycles. The van der Waals surface area contributed by atoms with Gasteiger partial charge in [0.2, 0.25) is 5.91 Å². The molecule has 1 unspecified atom stereocenters. The fourth-order valence-electron chi connectivity index (χ4n) is 2.04. The second-order valence-corrected chi connectivity index (χ2v) is 7.04. The van der Waals surface area contributed by atoms with Crippen molar-refractivity contribution in [1.82, 2.24) is 0 Å². The summed E-state index contributed by atoms with van der Waals surface area (Å²) < 4.78 is 0.990. The van der Waals surface area contributed by atoms with Crippen molar-refractivity contribution in [2.45, 2.75) is 46.6 Å². The molecule has 106 valence electrons. The Hall–Kier alpha value is -0.870. The van der Waals surface area contributed by atoms with E-state index in [-0.39, 0.29) is 17.4 Å². The molecule has 1 amide bonds. The van der Waals surface area contributed by atoms with Gasteiger partial charge in [-0.2, -0.15) is 0 Å². The Morgan fingerprint density at radius 3 is 2.63 bits per heavy atom. The van der Waals surface area contributed by atoms with Gasteiger partial charge in [-0.05, 0) is 36.5 Å². The predicted octanol–water partition coefficient (Wildman–Crippen LogP) is 3.85. The average Bonchev–Trinajstić information content (AvgIpc) is 2.21. The molecule has 1 rings (SSSR count). The zero-order valence-electron chi connectivity index (χ0n) is 12.1. The van der Waals surface area contributed by atoms with Crippen LogP contribution in [-0.2, 0) is 4.79 Å². The summed E-state index contributed by atoms with van der Waals surface area (Å²) in [6.07, 6.45) is 1.18. The molecule has 0 aromatic heterocycles. The molecule has 0 spiro atoms. The largest absolute Gasteiger partial charge is 0.327 e. The van der Waals surface area contributed by atoms with Crippen LogP contribution in [0.15, 0.2) is 22.7 Å². The van der Waals surface area contributed by atoms with Crippen molar-refractivity contribution in [1.29, 1.82) is 0 Å². The van der Waals surface area contributed by atoms with E-state index in [4.69, 9.17) is 5.73 Å². The van der Waals surface area contributed by atoms with Crippen molar-refractivity contribution in [3.05, 3.63) is 28.2 Å². The van der Waals surface area contributed by atoms with Crippen molar-refractivity contribution in [2.75, 3.05) is 5.32 Å². The molecule has 4 heteroatoms. The summed E-state index contributed by atoms with van der Waals surface area (Å²) in [6, 6.07) is 5.65. The summed E-state index contributed by atoms with van der Waals surface area (Å²) >= 11 is 3.45. The minimum atomic E-state index is -0.104. The highest BCUT2D eigenvalue weighted by atomic mass is 79.9. The molecule has 3 N–H and O–H groups in total. The van der Waals surface area contributed by atoms with Gasteiger partial charge in [0, 0.05) is 22.6 Å². The molecule has 0 bridgehead atoms. The lowest BCUT2D eigenvalue weighted by Gasteiger charge is -2.22. The first kappa shape index (κ1) is 16.2. The van der Waals surface area contributed by atoms with E-state index in [0.717, 1.165) is 22.1 Å². The van der Waals surface area contributed by atoms with Gasteiger partial charge in [0.25, 0.3) is 0 Å². The van der Waals surface area contributed by atoms with Crippen molar-refractivity contribution < 1.29 is 4.79 Å². The van der Waals surface area contributed by atoms with Crippen molar-refractivity contribution in [3.8, 4) is 0 Å². The highest BCUT2D eigenvalue weighted by molar-refractivity contribution is 9.10. The topological polar surface area (TPSA) is 55.1 Å². The summed E-state index contributed by atoms with van der Waals surface area (Å²) in [7, 11) is 0. The summed E-state index contributed by atoms with van der Waals surface area (Å²) in [5.74, 6) is -0.0297. The first-order valence-corrected chi connectivity index (χ1v) is 7.29. The van der Waals surface area contributed by atoms with Gasteiger partial charge < -0.3 is 11.1 Å². The van der Waals surface area contributed by atoms with Gasteiger partial charge in [0.05, 0.1) is 0 Å². The first-order chi connectivity index (χ1) is 8.69. The second kappa shape index (κ2) is 6.53. The van der Waals surface area contributed by atoms with Gasteiger partial charge in [-0.3, -0.25) is 4.79 Å². The highest BCUT2D eigenvalue weighted by Gasteiger charge is 2.18. The molecule has 1 atom stereocenters. The molecule has 0 aliphatic carbocycles. The zero-order chi connectivity index (χ0) is 14.6. The van der Waals surface area contributed by atoms with Gasteiger partial charge in [-0.25, -0.2) is 0 Å². The van der Waals surface area contributed by atoms with Crippen LogP contribution >= 0.6 is 15.9 Å². The average molecular weight is 327 g/mol. The van der Waals surface area contributed by atoms with E-state index >= 15 is 0 Å². The first-order valence-electron chi connectivity index (χ1n) is 6.49. The number of amides is 1. The SMILES string of the molecule is Cc1c(Br)cccc1NC(=O)CC(N)CC(C)(C)C. The van der Waals surface area contributed by atoms with Crippen LogP contribution in [-0.4, -0.2) is 11.9 Å². The molecule has 0 fully saturated rings. The van der Waals surface area contributed by atoms with E-state index < -0.39 is 0 Å². The normalized spacial score (nSPS) is 13.2. The van der Waals surface area contributed by atoms with Gasteiger partial charge in [0.1, 0.15) is 0 Å². The Kier molecular flexibility index (Phi) is 5.56. The molecule has 1 aromatic rings. The summed E-state index contributed by atoms with van der Waals surface area (Å²) in [5, 5.41) is 2.92. The molecule has 0 saturated heterocycles. The van der Waals surface area contributed by atoms with Crippen LogP contribution in [0, 0.1) is 12.3 Å². The molecule has 0 heterocycles. The number of nitrogens with one attached hydrogen (secondary N) is 1. The van der Waals surface area contributed by atoms with Crippen molar-refractivity contribution in [2.24, 2.45) is 11.1 Å². The number of carbonyl (C=O) groups is 1. The summed E-state index contributed by atoms with van der Waals surface area (Å²) in [4.78, 5) is 12.0. The fraction of sp³-hybridized carbons (Fsp3) is 0.533. The number of anilines is 1. The molecule has 19 heavy (non-hydrogen) atoms. The molecule has 0 aliphatic rings. The number of nitrogens with two attached hydrogens (primary N) is 1. The number of halogens is 1. The highest BCUT2D eigenvalue weighted by Crippen LogP contribution is 2.24. The quantitative estimate of drug-likeness (QED) is 0.882. The number of hydrogen-bond acceptors (Lipinski definition) is 2. The van der Waals surface area contributed by atoms with E-state index in [2.05, 4.69) is 42.0 Å². The predicted molar refractivity (Wildman–Crippen MR) is 84.2 cm³/mol. The maximum Gasteiger partial charge on any atom is 0.225 e. The van der Waals surface area contributed by atoms with Crippen LogP contribution in [0.3, 0.4) is 0 Å². The van der Waals surface area contributed by atoms with Gasteiger partial charge >= 0.3 is 0 Å². The lowest BCUT2D eigenvalue weighted by atomic mass is 9.87. The molecule has 3 nitrogen and oxygen atoms in total. The van der Waals surface area contributed by atoms with Crippen LogP contribution in [0.1, 0.15) is 39.2 Å². The molecular weight excluding hydrogens is 304 g/mol. The Morgan fingerprint density at radius 2 is 2.05 bits per heavy atom. The Labute approximate surface area is 124 Å². The minimum absolute atomic E-state index is 0.0297. The molecular formula is C15H23BrN2O. The van der Waals surface area contributed by atoms with Gasteiger partial charge in [-0.1, -0.05) is 42.8 Å². The van der Waals surface area contributed by atoms with Crippen molar-refractivity contribution in [3.63, 3.8) is 0 Å². The summed E-state index contributed by atoms with van der Waals surface area (Å²) in [5.41, 5.74) is 8.02. The van der Waals surface area contributed by atoms with E-state index in [1.807, 2.05) is 25.1 Å². The maximum atomic E-state index is 12.0. The third kappa shape index (κ3) is 5.74. The van der Waals surface area contributed by atoms with E-state index in [1.165, 1.54) is 0 Å². The Morgan fingerprint density at radius 1 is 1.42 bits per heavy atom. The van der Waals surface area contributed by atoms with E-state index in [9.17, 15) is 4.79 Å². The number of benzene rings is 1. The fourth-order valence-corrected chi connectivity index (χ4v) is 2.41. The van der Waals surface area contributed by atoms with E-state index in [0.29, 0.717) is 6.42 Å². The second-order valence-electron chi connectivity index (χ2n) is 6.19. The van der Waals surface area contributed by atoms with E-state index in [1.54, 1.807) is 0 Å². The number of carbonyl (C=O) groups excluding carboxylic acids is 1. The third-order valence-electron chi connectivity index (χ3n) is 2.86. The standard InChI is InChI=1S/C15H23BrN2O/c1-10-12(16)6-5-7-13(10)18-14(19)8-11(17)9-15(2,3)4/h5-7,11H,8-9,17H2,1-4H3,(H,18,19). The molecule has 0 saturated carbocycles. The van der Waals surface area contributed by atoms with Crippen LogP contribution in [0.2, 0.25) is 0 Å². The maximum absolute atomic E-state index is 12.0. The lowest BCUT2D eigenvalue weighted by Crippen LogP contribution is -2.31. The zero-order valence-corrected chi connectivity index (χ0v) is 13.7. The Balaban J connectivity index is 2.58. The third-order valence-corrected chi connectivity index (χ3v) is 3.72. The van der Waals surface area contributed by atoms with Gasteiger partial charge in [0.15, 0.2) is 0 Å². The molecule has 0 aliphatic heterocycles. The number of rotatable bonds is 4. The van der Waals surface area contributed by atoms with Gasteiger partial charge in [-0.15, -0.1) is 0 Å². The monoisotopic (exact) mass is 326 g/mol. The van der Waals surface area contributed by atoms with Crippen LogP contribution in [0.25, 0.3) is 0 Å². The Bertz CT molecular complexity index is 452. The van der Waals surface area contributed by atoms with Crippen LogP contribution in [0.4, 0.5) is 5.69 Å². The minimum Gasteiger partial charge on any atom is -0.327 e. The molecule has 0 radical (unpaired) electrons.